The van der Waals surface area contributed by atoms with Crippen LogP contribution in [0.1, 0.15) is 18.1 Å². The molecule has 3 rings (SSSR count). The third-order valence-electron chi connectivity index (χ3n) is 4.60. The third-order valence-corrected chi connectivity index (χ3v) is 4.60. The summed E-state index contributed by atoms with van der Waals surface area (Å²) >= 11 is 0. The Kier molecular flexibility index (Phi) is 6.78. The number of guanidine groups is 1. The Morgan fingerprint density at radius 1 is 1.00 bits per heavy atom. The Bertz CT molecular complexity index is 933. The van der Waals surface area contributed by atoms with Crippen molar-refractivity contribution < 1.29 is 9.47 Å². The van der Waals surface area contributed by atoms with E-state index in [1.54, 1.807) is 14.2 Å². The predicted octanol–water partition coefficient (Wildman–Crippen LogP) is 3.48. The highest BCUT2D eigenvalue weighted by molar-refractivity contribution is 5.83. The standard InChI is InChI=1S/C22H28N4O2/c1-4-23-22(26-15-17-8-7-11-20(27-2)21(17)28-3)24-13-12-16-14-25-19-10-6-5-9-18(16)19/h5-11,14,25H,4,12-13,15H2,1-3H3,(H2,23,24,26). The van der Waals surface area contributed by atoms with Crippen molar-refractivity contribution in [2.75, 3.05) is 27.3 Å². The predicted molar refractivity (Wildman–Crippen MR) is 114 cm³/mol. The van der Waals surface area contributed by atoms with Crippen LogP contribution < -0.4 is 20.1 Å². The van der Waals surface area contributed by atoms with Gasteiger partial charge in [-0.15, -0.1) is 0 Å². The fourth-order valence-electron chi connectivity index (χ4n) is 3.24. The number of nitrogens with one attached hydrogen (secondary N) is 3. The van der Waals surface area contributed by atoms with Gasteiger partial charge in [-0.2, -0.15) is 0 Å². The normalized spacial score (nSPS) is 11.5. The van der Waals surface area contributed by atoms with Crippen molar-refractivity contribution in [3.05, 3.63) is 59.8 Å². The molecule has 0 aliphatic rings. The van der Waals surface area contributed by atoms with Gasteiger partial charge < -0.3 is 25.1 Å². The number of rotatable bonds is 8. The molecule has 0 amide bonds. The molecule has 3 aromatic rings. The zero-order valence-electron chi connectivity index (χ0n) is 16.7. The lowest BCUT2D eigenvalue weighted by Crippen LogP contribution is -2.38. The largest absolute Gasteiger partial charge is 0.493 e. The molecule has 3 N–H and O–H groups in total. The van der Waals surface area contributed by atoms with Gasteiger partial charge in [-0.1, -0.05) is 30.3 Å². The highest BCUT2D eigenvalue weighted by Gasteiger charge is 2.09. The molecular weight excluding hydrogens is 352 g/mol. The van der Waals surface area contributed by atoms with E-state index in [1.807, 2.05) is 24.3 Å². The number of methoxy groups -OCH3 is 2. The van der Waals surface area contributed by atoms with Crippen molar-refractivity contribution in [1.82, 2.24) is 15.6 Å². The van der Waals surface area contributed by atoms with Gasteiger partial charge in [0.1, 0.15) is 0 Å². The van der Waals surface area contributed by atoms with E-state index in [0.29, 0.717) is 12.3 Å². The van der Waals surface area contributed by atoms with Crippen LogP contribution in [0.15, 0.2) is 53.7 Å². The molecule has 1 heterocycles. The van der Waals surface area contributed by atoms with Crippen LogP contribution in [0.4, 0.5) is 0 Å². The molecule has 0 bridgehead atoms. The second-order valence-corrected chi connectivity index (χ2v) is 6.38. The summed E-state index contributed by atoms with van der Waals surface area (Å²) in [5.41, 5.74) is 3.45. The highest BCUT2D eigenvalue weighted by Crippen LogP contribution is 2.31. The van der Waals surface area contributed by atoms with E-state index < -0.39 is 0 Å². The van der Waals surface area contributed by atoms with Crippen LogP contribution in [-0.2, 0) is 13.0 Å². The van der Waals surface area contributed by atoms with Crippen molar-refractivity contribution in [2.24, 2.45) is 4.99 Å². The van der Waals surface area contributed by atoms with Crippen LogP contribution in [0.5, 0.6) is 11.5 Å². The summed E-state index contributed by atoms with van der Waals surface area (Å²) < 4.78 is 10.9. The number of nitrogens with zero attached hydrogens (tertiary/aromatic N) is 1. The fourth-order valence-corrected chi connectivity index (χ4v) is 3.24. The lowest BCUT2D eigenvalue weighted by molar-refractivity contribution is 0.352. The van der Waals surface area contributed by atoms with E-state index in [2.05, 4.69) is 46.9 Å². The number of aliphatic imine (C=N–C) groups is 1. The van der Waals surface area contributed by atoms with Crippen LogP contribution in [0, 0.1) is 0 Å². The number of aromatic nitrogens is 1. The quantitative estimate of drug-likeness (QED) is 0.413. The first-order valence-electron chi connectivity index (χ1n) is 9.53. The molecule has 0 aliphatic heterocycles. The Morgan fingerprint density at radius 3 is 2.64 bits per heavy atom. The molecule has 0 saturated carbocycles. The number of aromatic amines is 1. The lowest BCUT2D eigenvalue weighted by atomic mass is 10.1. The Balaban J connectivity index is 1.65. The van der Waals surface area contributed by atoms with E-state index in [-0.39, 0.29) is 0 Å². The molecule has 0 fully saturated rings. The number of H-pyrrole nitrogens is 1. The molecule has 28 heavy (non-hydrogen) atoms. The van der Waals surface area contributed by atoms with Crippen molar-refractivity contribution in [2.45, 2.75) is 19.9 Å². The van der Waals surface area contributed by atoms with Crippen molar-refractivity contribution in [1.29, 1.82) is 0 Å². The molecule has 148 valence electrons. The SMILES string of the molecule is CCNC(=NCc1cccc(OC)c1OC)NCCc1c[nH]c2ccccc12. The average Bonchev–Trinajstić information content (AvgIpc) is 3.14. The highest BCUT2D eigenvalue weighted by atomic mass is 16.5. The summed E-state index contributed by atoms with van der Waals surface area (Å²) in [5.74, 6) is 2.23. The number of para-hydroxylation sites is 2. The van der Waals surface area contributed by atoms with Gasteiger partial charge in [0.2, 0.25) is 0 Å². The van der Waals surface area contributed by atoms with Crippen LogP contribution in [-0.4, -0.2) is 38.3 Å². The number of hydrogen-bond donors (Lipinski definition) is 3. The molecular formula is C22H28N4O2. The molecule has 0 saturated heterocycles. The zero-order valence-corrected chi connectivity index (χ0v) is 16.7. The second kappa shape index (κ2) is 9.69. The number of fused-ring (bicyclic) bond motifs is 1. The molecule has 0 radical (unpaired) electrons. The minimum atomic E-state index is 0.503. The molecule has 6 nitrogen and oxygen atoms in total. The lowest BCUT2D eigenvalue weighted by Gasteiger charge is -2.13. The number of benzene rings is 2. The second-order valence-electron chi connectivity index (χ2n) is 6.38. The third kappa shape index (κ3) is 4.57. The van der Waals surface area contributed by atoms with Crippen molar-refractivity contribution in [3.63, 3.8) is 0 Å². The number of ether oxygens (including phenoxy) is 2. The summed E-state index contributed by atoms with van der Waals surface area (Å²) in [6.45, 7) is 4.16. The van der Waals surface area contributed by atoms with E-state index >= 15 is 0 Å². The van der Waals surface area contributed by atoms with Crippen LogP contribution in [0.3, 0.4) is 0 Å². The zero-order chi connectivity index (χ0) is 19.8. The monoisotopic (exact) mass is 380 g/mol. The molecule has 0 atom stereocenters. The topological polar surface area (TPSA) is 70.7 Å². The summed E-state index contributed by atoms with van der Waals surface area (Å²) in [7, 11) is 3.29. The van der Waals surface area contributed by atoms with Crippen LogP contribution >= 0.6 is 0 Å². The van der Waals surface area contributed by atoms with Crippen LogP contribution in [0.25, 0.3) is 10.9 Å². The van der Waals surface area contributed by atoms with Gasteiger partial charge in [-0.3, -0.25) is 0 Å². The van der Waals surface area contributed by atoms with Gasteiger partial charge in [0, 0.05) is 35.8 Å². The summed E-state index contributed by atoms with van der Waals surface area (Å²) in [6.07, 6.45) is 2.99. The van der Waals surface area contributed by atoms with Gasteiger partial charge in [0.15, 0.2) is 17.5 Å². The molecule has 0 spiro atoms. The maximum atomic E-state index is 5.49. The van der Waals surface area contributed by atoms with E-state index in [1.165, 1.54) is 16.5 Å². The average molecular weight is 380 g/mol. The molecule has 1 aromatic heterocycles. The van der Waals surface area contributed by atoms with E-state index in [4.69, 9.17) is 14.5 Å². The van der Waals surface area contributed by atoms with Gasteiger partial charge in [-0.05, 0) is 31.0 Å². The number of hydrogen-bond acceptors (Lipinski definition) is 3. The molecule has 0 unspecified atom stereocenters. The Morgan fingerprint density at radius 2 is 1.86 bits per heavy atom. The van der Waals surface area contributed by atoms with Gasteiger partial charge in [-0.25, -0.2) is 4.99 Å². The first-order chi connectivity index (χ1) is 13.8. The summed E-state index contributed by atoms with van der Waals surface area (Å²) in [6, 6.07) is 14.2. The van der Waals surface area contributed by atoms with Gasteiger partial charge >= 0.3 is 0 Å². The van der Waals surface area contributed by atoms with E-state index in [0.717, 1.165) is 36.8 Å². The first kappa shape index (κ1) is 19.6. The maximum absolute atomic E-state index is 5.49. The van der Waals surface area contributed by atoms with Gasteiger partial charge in [0.05, 0.1) is 20.8 Å². The molecule has 2 aromatic carbocycles. The van der Waals surface area contributed by atoms with Gasteiger partial charge in [0.25, 0.3) is 0 Å². The Labute approximate surface area is 166 Å². The smallest absolute Gasteiger partial charge is 0.191 e. The van der Waals surface area contributed by atoms with E-state index in [9.17, 15) is 0 Å². The summed E-state index contributed by atoms with van der Waals surface area (Å²) in [4.78, 5) is 8.02. The first-order valence-corrected chi connectivity index (χ1v) is 9.53. The molecule has 6 heteroatoms. The van der Waals surface area contributed by atoms with Crippen molar-refractivity contribution in [3.8, 4) is 11.5 Å². The van der Waals surface area contributed by atoms with Crippen molar-refractivity contribution >= 4 is 16.9 Å². The fraction of sp³-hybridized carbons (Fsp3) is 0.318. The molecule has 0 aliphatic carbocycles. The maximum Gasteiger partial charge on any atom is 0.191 e. The minimum absolute atomic E-state index is 0.503. The minimum Gasteiger partial charge on any atom is -0.493 e. The summed E-state index contributed by atoms with van der Waals surface area (Å²) in [5, 5.41) is 7.98. The van der Waals surface area contributed by atoms with Crippen LogP contribution in [0.2, 0.25) is 0 Å². The Hall–Kier alpha value is -3.15.